The Balaban J connectivity index is 1.60. The Hall–Kier alpha value is -3.33. The summed E-state index contributed by atoms with van der Waals surface area (Å²) in [4.78, 5) is 21.0. The summed E-state index contributed by atoms with van der Waals surface area (Å²) in [6, 6.07) is 11.3. The quantitative estimate of drug-likeness (QED) is 0.528. The average molecular weight is 380 g/mol. The summed E-state index contributed by atoms with van der Waals surface area (Å²) in [7, 11) is 1.56. The molecule has 0 radical (unpaired) electrons. The van der Waals surface area contributed by atoms with Gasteiger partial charge >= 0.3 is 5.69 Å². The van der Waals surface area contributed by atoms with Crippen molar-refractivity contribution < 1.29 is 4.74 Å². The molecule has 0 spiro atoms. The highest BCUT2D eigenvalue weighted by Gasteiger charge is 2.14. The van der Waals surface area contributed by atoms with Crippen LogP contribution in [0.1, 0.15) is 11.1 Å². The van der Waals surface area contributed by atoms with Crippen LogP contribution in [-0.4, -0.2) is 29.8 Å². The maximum absolute atomic E-state index is 12.2. The number of ether oxygens (including phenoxy) is 1. The van der Waals surface area contributed by atoms with Crippen LogP contribution in [-0.2, 0) is 13.7 Å². The van der Waals surface area contributed by atoms with Crippen LogP contribution in [0.5, 0.6) is 5.19 Å². The van der Waals surface area contributed by atoms with Gasteiger partial charge in [0.15, 0.2) is 0 Å². The van der Waals surface area contributed by atoms with Gasteiger partial charge in [0.2, 0.25) is 0 Å². The van der Waals surface area contributed by atoms with Crippen LogP contribution in [0, 0.1) is 6.92 Å². The van der Waals surface area contributed by atoms with Gasteiger partial charge in [-0.15, -0.1) is 0 Å². The van der Waals surface area contributed by atoms with Gasteiger partial charge in [-0.3, -0.25) is 4.98 Å². The van der Waals surface area contributed by atoms with Crippen molar-refractivity contribution in [1.82, 2.24) is 29.8 Å². The molecule has 8 nitrogen and oxygen atoms in total. The molecule has 0 N–H and O–H groups in total. The van der Waals surface area contributed by atoms with Crippen molar-refractivity contribution >= 4 is 11.3 Å². The monoisotopic (exact) mass is 380 g/mol. The number of aryl methyl sites for hydroxylation is 2. The molecule has 0 saturated heterocycles. The maximum atomic E-state index is 12.2. The first-order valence-corrected chi connectivity index (χ1v) is 9.09. The van der Waals surface area contributed by atoms with Gasteiger partial charge in [0.05, 0.1) is 11.4 Å². The summed E-state index contributed by atoms with van der Waals surface area (Å²) in [5.74, 6) is 0. The van der Waals surface area contributed by atoms with Crippen molar-refractivity contribution in [3.05, 3.63) is 69.6 Å². The number of hydrogen-bond acceptors (Lipinski definition) is 7. The maximum Gasteiger partial charge on any atom is 0.368 e. The highest BCUT2D eigenvalue weighted by Crippen LogP contribution is 2.26. The Kier molecular flexibility index (Phi) is 4.51. The molecule has 0 fully saturated rings. The highest BCUT2D eigenvalue weighted by molar-refractivity contribution is 7.11. The Morgan fingerprint density at radius 2 is 2.00 bits per heavy atom. The Morgan fingerprint density at radius 3 is 2.74 bits per heavy atom. The molecule has 0 unspecified atom stereocenters. The minimum absolute atomic E-state index is 0.264. The summed E-state index contributed by atoms with van der Waals surface area (Å²) in [5.41, 5.74) is 3.75. The number of thiazole rings is 1. The number of aromatic nitrogens is 6. The summed E-state index contributed by atoms with van der Waals surface area (Å²) in [6.45, 7) is 2.23. The van der Waals surface area contributed by atoms with E-state index in [4.69, 9.17) is 4.74 Å². The van der Waals surface area contributed by atoms with Crippen LogP contribution in [0.4, 0.5) is 0 Å². The van der Waals surface area contributed by atoms with Crippen molar-refractivity contribution in [2.45, 2.75) is 13.5 Å². The lowest BCUT2D eigenvalue weighted by Gasteiger charge is -2.11. The summed E-state index contributed by atoms with van der Waals surface area (Å²) in [6.07, 6.45) is 1.73. The average Bonchev–Trinajstić information content (AvgIpc) is 3.29. The lowest BCUT2D eigenvalue weighted by atomic mass is 10.1. The van der Waals surface area contributed by atoms with E-state index in [-0.39, 0.29) is 12.3 Å². The molecule has 0 saturated carbocycles. The molecule has 1 aromatic carbocycles. The Labute approximate surface area is 158 Å². The van der Waals surface area contributed by atoms with E-state index in [1.54, 1.807) is 13.2 Å². The van der Waals surface area contributed by atoms with Crippen molar-refractivity contribution in [3.63, 3.8) is 0 Å². The number of tetrazole rings is 1. The molecule has 9 heteroatoms. The lowest BCUT2D eigenvalue weighted by molar-refractivity contribution is 0.303. The third kappa shape index (κ3) is 3.36. The molecule has 3 heterocycles. The zero-order valence-electron chi connectivity index (χ0n) is 14.7. The Bertz CT molecular complexity index is 1130. The predicted octanol–water partition coefficient (Wildman–Crippen LogP) is 2.37. The second kappa shape index (κ2) is 7.12. The molecule has 3 aromatic heterocycles. The zero-order valence-corrected chi connectivity index (χ0v) is 15.6. The fourth-order valence-electron chi connectivity index (χ4n) is 2.63. The topological polar surface area (TPSA) is 87.7 Å². The van der Waals surface area contributed by atoms with Crippen LogP contribution in [0.2, 0.25) is 0 Å². The van der Waals surface area contributed by atoms with E-state index in [1.807, 2.05) is 48.7 Å². The Morgan fingerprint density at radius 1 is 1.11 bits per heavy atom. The third-order valence-electron chi connectivity index (χ3n) is 4.09. The van der Waals surface area contributed by atoms with Crippen molar-refractivity contribution in [3.8, 4) is 22.3 Å². The molecule has 136 valence electrons. The number of pyridine rings is 1. The van der Waals surface area contributed by atoms with Crippen molar-refractivity contribution in [2.24, 2.45) is 7.05 Å². The van der Waals surface area contributed by atoms with Gasteiger partial charge in [0, 0.05) is 24.2 Å². The second-order valence-electron chi connectivity index (χ2n) is 5.87. The van der Waals surface area contributed by atoms with Gasteiger partial charge in [-0.25, -0.2) is 9.78 Å². The molecule has 0 aliphatic carbocycles. The first kappa shape index (κ1) is 17.1. The fourth-order valence-corrected chi connectivity index (χ4v) is 3.29. The van der Waals surface area contributed by atoms with E-state index in [9.17, 15) is 4.79 Å². The number of benzene rings is 1. The number of nitrogens with zero attached hydrogens (tertiary/aromatic N) is 6. The molecule has 0 atom stereocenters. The minimum atomic E-state index is -0.312. The molecule has 0 amide bonds. The normalized spacial score (nSPS) is 10.9. The van der Waals surface area contributed by atoms with Crippen molar-refractivity contribution in [1.29, 1.82) is 0 Å². The van der Waals surface area contributed by atoms with E-state index in [1.165, 1.54) is 20.7 Å². The van der Waals surface area contributed by atoms with Crippen LogP contribution >= 0.6 is 11.3 Å². The molecule has 4 aromatic rings. The van der Waals surface area contributed by atoms with Gasteiger partial charge in [-0.1, -0.05) is 29.5 Å². The van der Waals surface area contributed by atoms with Crippen molar-refractivity contribution in [2.75, 3.05) is 0 Å². The molecule has 0 aliphatic heterocycles. The van der Waals surface area contributed by atoms with Crippen LogP contribution in [0.15, 0.2) is 52.8 Å². The number of hydrogen-bond donors (Lipinski definition) is 0. The molecule has 0 aliphatic rings. The first-order valence-electron chi connectivity index (χ1n) is 8.21. The van der Waals surface area contributed by atoms with E-state index in [0.29, 0.717) is 10.9 Å². The zero-order chi connectivity index (χ0) is 18.8. The molecule has 4 rings (SSSR count). The SMILES string of the molecule is Cc1cccc(-n2nnn(C)c2=O)c1COc1nc(-c2ccccn2)cs1. The lowest BCUT2D eigenvalue weighted by Crippen LogP contribution is -2.23. The number of rotatable bonds is 5. The standard InChI is InChI=1S/C18H16N6O2S/c1-12-6-5-8-16(24-18(25)23(2)21-22-24)13(12)10-26-17-20-15(11-27-17)14-7-3-4-9-19-14/h3-9,11H,10H2,1-2H3. The molecule has 27 heavy (non-hydrogen) atoms. The van der Waals surface area contributed by atoms with Gasteiger partial charge < -0.3 is 4.74 Å². The van der Waals surface area contributed by atoms with Gasteiger partial charge in [0.25, 0.3) is 5.19 Å². The molecular formula is C18H16N6O2S. The van der Waals surface area contributed by atoms with Crippen LogP contribution in [0.25, 0.3) is 17.1 Å². The first-order chi connectivity index (χ1) is 13.1. The summed E-state index contributed by atoms with van der Waals surface area (Å²) < 4.78 is 8.35. The predicted molar refractivity (Wildman–Crippen MR) is 101 cm³/mol. The smallest absolute Gasteiger partial charge is 0.368 e. The summed E-state index contributed by atoms with van der Waals surface area (Å²) >= 11 is 1.40. The largest absolute Gasteiger partial charge is 0.465 e. The second-order valence-corrected chi connectivity index (χ2v) is 6.69. The van der Waals surface area contributed by atoms with Gasteiger partial charge in [-0.2, -0.15) is 9.36 Å². The third-order valence-corrected chi connectivity index (χ3v) is 4.84. The van der Waals surface area contributed by atoms with E-state index >= 15 is 0 Å². The molecule has 0 bridgehead atoms. The minimum Gasteiger partial charge on any atom is -0.465 e. The van der Waals surface area contributed by atoms with E-state index in [0.717, 1.165) is 22.5 Å². The fraction of sp³-hybridized carbons (Fsp3) is 0.167. The van der Waals surface area contributed by atoms with Crippen LogP contribution in [0.3, 0.4) is 0 Å². The van der Waals surface area contributed by atoms with Gasteiger partial charge in [0.1, 0.15) is 12.3 Å². The molecular weight excluding hydrogens is 364 g/mol. The van der Waals surface area contributed by atoms with E-state index in [2.05, 4.69) is 20.4 Å². The highest BCUT2D eigenvalue weighted by atomic mass is 32.1. The summed E-state index contributed by atoms with van der Waals surface area (Å²) in [5, 5.41) is 10.1. The van der Waals surface area contributed by atoms with Gasteiger partial charge in [-0.05, 0) is 41.1 Å². The van der Waals surface area contributed by atoms with E-state index < -0.39 is 0 Å². The van der Waals surface area contributed by atoms with Crippen LogP contribution < -0.4 is 10.4 Å².